The fraction of sp³-hybridized carbons (Fsp3) is 0.370. The van der Waals surface area contributed by atoms with Crippen LogP contribution in [0, 0.1) is 0 Å². The number of halogens is 1. The van der Waals surface area contributed by atoms with Crippen molar-refractivity contribution in [1.29, 1.82) is 0 Å². The first-order valence-electron chi connectivity index (χ1n) is 12.9. The number of fused-ring (bicyclic) bond motifs is 1. The van der Waals surface area contributed by atoms with Gasteiger partial charge in [0.2, 0.25) is 5.91 Å². The van der Waals surface area contributed by atoms with Crippen molar-refractivity contribution in [3.63, 3.8) is 0 Å². The molecule has 0 aliphatic carbocycles. The highest BCUT2D eigenvalue weighted by Crippen LogP contribution is 2.32. The van der Waals surface area contributed by atoms with Crippen molar-refractivity contribution < 1.29 is 23.1 Å². The van der Waals surface area contributed by atoms with Gasteiger partial charge in [0, 0.05) is 60.8 Å². The number of H-pyrrole nitrogens is 1. The van der Waals surface area contributed by atoms with Crippen molar-refractivity contribution in [3.8, 4) is 0 Å². The summed E-state index contributed by atoms with van der Waals surface area (Å²) in [5.74, 6) is -1.83. The summed E-state index contributed by atoms with van der Waals surface area (Å²) in [6.45, 7) is 2.22. The van der Waals surface area contributed by atoms with E-state index in [1.807, 2.05) is 24.3 Å². The highest BCUT2D eigenvalue weighted by Gasteiger charge is 2.42. The van der Waals surface area contributed by atoms with Crippen LogP contribution in [0.3, 0.4) is 0 Å². The first-order valence-corrected chi connectivity index (χ1v) is 14.7. The van der Waals surface area contributed by atoms with Gasteiger partial charge in [-0.3, -0.25) is 14.7 Å². The zero-order chi connectivity index (χ0) is 27.3. The van der Waals surface area contributed by atoms with E-state index in [1.54, 1.807) is 18.2 Å². The number of likely N-dealkylation sites (tertiary alicyclic amines) is 1. The molecular weight excluding hydrogens is 542 g/mol. The molecule has 2 fully saturated rings. The SMILES string of the molecule is O=C(O)[C@H]1CN(S(=O)(=O)c2cc3cc(Cl)ccc3[nH]2)CC(=O)N1Cc1ccc(C(C2=NCC2)N2CCC2)cc1. The fourth-order valence-corrected chi connectivity index (χ4v) is 6.99. The van der Waals surface area contributed by atoms with Crippen LogP contribution < -0.4 is 0 Å². The number of rotatable bonds is 8. The van der Waals surface area contributed by atoms with Crippen LogP contribution in [-0.2, 0) is 26.2 Å². The molecule has 3 aliphatic heterocycles. The van der Waals surface area contributed by atoms with Gasteiger partial charge in [0.1, 0.15) is 11.1 Å². The van der Waals surface area contributed by atoms with Gasteiger partial charge < -0.3 is 15.0 Å². The third-order valence-electron chi connectivity index (χ3n) is 7.75. The summed E-state index contributed by atoms with van der Waals surface area (Å²) in [6, 6.07) is 13.1. The number of aliphatic carboxylic acids is 1. The number of hydrogen-bond acceptors (Lipinski definition) is 6. The number of carbonyl (C=O) groups is 2. The zero-order valence-electron chi connectivity index (χ0n) is 21.1. The molecule has 12 heteroatoms. The number of piperazine rings is 1. The third kappa shape index (κ3) is 4.84. The zero-order valence-corrected chi connectivity index (χ0v) is 22.7. The Morgan fingerprint density at radius 2 is 1.90 bits per heavy atom. The Balaban J connectivity index is 1.20. The van der Waals surface area contributed by atoms with Crippen molar-refractivity contribution >= 4 is 50.1 Å². The summed E-state index contributed by atoms with van der Waals surface area (Å²) >= 11 is 6.02. The number of nitrogens with one attached hydrogen (secondary N) is 1. The van der Waals surface area contributed by atoms with Crippen LogP contribution in [0.1, 0.15) is 30.0 Å². The number of nitrogens with zero attached hydrogens (tertiary/aromatic N) is 4. The van der Waals surface area contributed by atoms with Crippen LogP contribution in [0.4, 0.5) is 0 Å². The summed E-state index contributed by atoms with van der Waals surface area (Å²) in [7, 11) is -4.15. The minimum atomic E-state index is -4.15. The molecule has 3 aromatic rings. The molecule has 0 bridgehead atoms. The maximum Gasteiger partial charge on any atom is 0.327 e. The molecule has 2 atom stereocenters. The molecule has 0 saturated carbocycles. The van der Waals surface area contributed by atoms with Gasteiger partial charge in [-0.15, -0.1) is 0 Å². The molecule has 1 aromatic heterocycles. The van der Waals surface area contributed by atoms with E-state index in [2.05, 4.69) is 14.9 Å². The minimum Gasteiger partial charge on any atom is -0.480 e. The molecule has 2 N–H and O–H groups in total. The molecule has 2 aromatic carbocycles. The van der Waals surface area contributed by atoms with Crippen LogP contribution >= 0.6 is 11.6 Å². The smallest absolute Gasteiger partial charge is 0.327 e. The van der Waals surface area contributed by atoms with Gasteiger partial charge in [-0.25, -0.2) is 13.2 Å². The highest BCUT2D eigenvalue weighted by molar-refractivity contribution is 7.89. The van der Waals surface area contributed by atoms with E-state index in [9.17, 15) is 23.1 Å². The lowest BCUT2D eigenvalue weighted by molar-refractivity contribution is -0.154. The lowest BCUT2D eigenvalue weighted by Crippen LogP contribution is -2.60. The summed E-state index contributed by atoms with van der Waals surface area (Å²) < 4.78 is 27.7. The molecule has 0 radical (unpaired) electrons. The lowest BCUT2D eigenvalue weighted by atomic mass is 9.92. The standard InChI is InChI=1S/C27H28ClN5O5S/c28-20-6-7-21-19(12-20)13-24(30-21)39(37,38)32-15-23(27(35)36)33(25(34)16-32)14-17-2-4-18(5-3-17)26(22-8-9-29-22)31-10-1-11-31/h2-7,12-13,23,26,30H,1,8-11,14-16H2,(H,35,36)/t23-,26?/m1/s1. The van der Waals surface area contributed by atoms with E-state index >= 15 is 0 Å². The predicted molar refractivity (Wildman–Crippen MR) is 146 cm³/mol. The van der Waals surface area contributed by atoms with Crippen molar-refractivity contribution in [2.45, 2.75) is 36.5 Å². The van der Waals surface area contributed by atoms with E-state index in [1.165, 1.54) is 23.1 Å². The van der Waals surface area contributed by atoms with Crippen LogP contribution in [0.5, 0.6) is 0 Å². The molecule has 3 aliphatic rings. The van der Waals surface area contributed by atoms with Gasteiger partial charge in [-0.2, -0.15) is 4.31 Å². The van der Waals surface area contributed by atoms with Crippen LogP contribution in [0.15, 0.2) is 58.5 Å². The van der Waals surface area contributed by atoms with Crippen molar-refractivity contribution in [1.82, 2.24) is 19.1 Å². The number of aliphatic imine (C=N–C) groups is 1. The number of carboxylic acids is 1. The van der Waals surface area contributed by atoms with Crippen molar-refractivity contribution in [3.05, 3.63) is 64.7 Å². The maximum atomic E-state index is 13.4. The maximum absolute atomic E-state index is 13.4. The molecule has 1 amide bonds. The average Bonchev–Trinajstić information content (AvgIpc) is 3.27. The number of benzene rings is 2. The van der Waals surface area contributed by atoms with E-state index < -0.39 is 34.5 Å². The first-order chi connectivity index (χ1) is 18.7. The van der Waals surface area contributed by atoms with Gasteiger partial charge in [0.15, 0.2) is 0 Å². The number of aromatic amines is 1. The molecule has 1 unspecified atom stereocenters. The molecule has 39 heavy (non-hydrogen) atoms. The topological polar surface area (TPSA) is 126 Å². The summed E-state index contributed by atoms with van der Waals surface area (Å²) in [5, 5.41) is 10.9. The average molecular weight is 570 g/mol. The van der Waals surface area contributed by atoms with Crippen molar-refractivity contribution in [2.24, 2.45) is 4.99 Å². The number of carboxylic acid groups (broad SMARTS) is 1. The van der Waals surface area contributed by atoms with Crippen LogP contribution in [0.2, 0.25) is 5.02 Å². The Kier molecular flexibility index (Phi) is 6.70. The molecular formula is C27H28ClN5O5S. The molecule has 4 heterocycles. The lowest BCUT2D eigenvalue weighted by Gasteiger charge is -2.41. The second-order valence-electron chi connectivity index (χ2n) is 10.2. The van der Waals surface area contributed by atoms with E-state index in [0.29, 0.717) is 15.9 Å². The Morgan fingerprint density at radius 3 is 2.51 bits per heavy atom. The summed E-state index contributed by atoms with van der Waals surface area (Å²) in [5.41, 5.74) is 3.68. The number of hydrogen-bond donors (Lipinski definition) is 2. The fourth-order valence-electron chi connectivity index (χ4n) is 5.40. The first kappa shape index (κ1) is 26.0. The normalized spacial score (nSPS) is 21.4. The minimum absolute atomic E-state index is 0.0736. The number of carbonyl (C=O) groups excluding carboxylic acids is 1. The molecule has 204 valence electrons. The number of amides is 1. The van der Waals surface area contributed by atoms with E-state index in [0.717, 1.165) is 41.5 Å². The van der Waals surface area contributed by atoms with Gasteiger partial charge in [0.25, 0.3) is 10.0 Å². The Labute approximate surface area is 230 Å². The van der Waals surface area contributed by atoms with Crippen LogP contribution in [-0.4, -0.2) is 89.0 Å². The quantitative estimate of drug-likeness (QED) is 0.429. The van der Waals surface area contributed by atoms with Gasteiger partial charge >= 0.3 is 5.97 Å². The predicted octanol–water partition coefficient (Wildman–Crippen LogP) is 2.90. The van der Waals surface area contributed by atoms with Crippen molar-refractivity contribution in [2.75, 3.05) is 32.7 Å². The van der Waals surface area contributed by atoms with Crippen LogP contribution in [0.25, 0.3) is 10.9 Å². The van der Waals surface area contributed by atoms with E-state index in [4.69, 9.17) is 11.6 Å². The van der Waals surface area contributed by atoms with E-state index in [-0.39, 0.29) is 24.2 Å². The van der Waals surface area contributed by atoms with Gasteiger partial charge in [0.05, 0.1) is 12.6 Å². The molecule has 0 spiro atoms. The Morgan fingerprint density at radius 1 is 1.15 bits per heavy atom. The molecule has 10 nitrogen and oxygen atoms in total. The molecule has 2 saturated heterocycles. The molecule has 6 rings (SSSR count). The largest absolute Gasteiger partial charge is 0.480 e. The summed E-state index contributed by atoms with van der Waals surface area (Å²) in [6.07, 6.45) is 2.17. The van der Waals surface area contributed by atoms with Gasteiger partial charge in [-0.05, 0) is 41.8 Å². The second kappa shape index (κ2) is 10.1. The third-order valence-corrected chi connectivity index (χ3v) is 9.72. The summed E-state index contributed by atoms with van der Waals surface area (Å²) in [4.78, 5) is 36.4. The van der Waals surface area contributed by atoms with Gasteiger partial charge in [-0.1, -0.05) is 35.9 Å². The highest BCUT2D eigenvalue weighted by atomic mass is 35.5. The Hall–Kier alpha value is -3.25. The monoisotopic (exact) mass is 569 g/mol. The number of sulfonamides is 1. The second-order valence-corrected chi connectivity index (χ2v) is 12.5. The Bertz CT molecular complexity index is 1580. The number of aromatic nitrogens is 1.